The van der Waals surface area contributed by atoms with E-state index in [0.717, 1.165) is 11.1 Å². The van der Waals surface area contributed by atoms with Crippen LogP contribution in [0.15, 0.2) is 18.2 Å². The minimum absolute atomic E-state index is 0.0236. The molecule has 2 atom stereocenters. The van der Waals surface area contributed by atoms with Crippen molar-refractivity contribution in [2.45, 2.75) is 46.3 Å². The zero-order chi connectivity index (χ0) is 18.8. The first-order valence-electron chi connectivity index (χ1n) is 8.43. The highest BCUT2D eigenvalue weighted by molar-refractivity contribution is 7.91. The summed E-state index contributed by atoms with van der Waals surface area (Å²) in [7, 11) is -3.09. The van der Waals surface area contributed by atoms with E-state index >= 15 is 0 Å². The highest BCUT2D eigenvalue weighted by atomic mass is 32.2. The van der Waals surface area contributed by atoms with Gasteiger partial charge in [0.25, 0.3) is 5.91 Å². The first-order chi connectivity index (χ1) is 11.6. The number of benzene rings is 1. The van der Waals surface area contributed by atoms with Gasteiger partial charge in [0.1, 0.15) is 0 Å². The normalized spacial score (nSPS) is 20.1. The molecule has 0 unspecified atom stereocenters. The molecule has 1 fully saturated rings. The third-order valence-corrected chi connectivity index (χ3v) is 6.27. The summed E-state index contributed by atoms with van der Waals surface area (Å²) in [6.45, 7) is 7.39. The summed E-state index contributed by atoms with van der Waals surface area (Å²) in [5.41, 5.74) is 2.15. The number of aryl methyl sites for hydroxylation is 2. The SMILES string of the molecule is CCN(C(=O)[C@H](C)OC(=O)c1cc(C)ccc1C)[C@@H]1CCS(=O)(=O)C1. The first-order valence-corrected chi connectivity index (χ1v) is 10.3. The van der Waals surface area contributed by atoms with Gasteiger partial charge in [0.2, 0.25) is 0 Å². The van der Waals surface area contributed by atoms with Crippen molar-refractivity contribution in [3.05, 3.63) is 34.9 Å². The summed E-state index contributed by atoms with van der Waals surface area (Å²) in [6, 6.07) is 5.13. The molecule has 138 valence electrons. The minimum Gasteiger partial charge on any atom is -0.449 e. The van der Waals surface area contributed by atoms with Crippen LogP contribution >= 0.6 is 0 Å². The zero-order valence-electron chi connectivity index (χ0n) is 15.1. The summed E-state index contributed by atoms with van der Waals surface area (Å²) in [5.74, 6) is -0.831. The van der Waals surface area contributed by atoms with E-state index < -0.39 is 21.9 Å². The number of amides is 1. The molecule has 1 amide bonds. The van der Waals surface area contributed by atoms with Crippen LogP contribution in [0.5, 0.6) is 0 Å². The molecule has 1 aromatic rings. The maximum Gasteiger partial charge on any atom is 0.339 e. The van der Waals surface area contributed by atoms with Crippen LogP contribution in [0, 0.1) is 13.8 Å². The van der Waals surface area contributed by atoms with Gasteiger partial charge in [0.05, 0.1) is 17.1 Å². The van der Waals surface area contributed by atoms with Gasteiger partial charge in [-0.25, -0.2) is 13.2 Å². The molecule has 0 radical (unpaired) electrons. The molecule has 25 heavy (non-hydrogen) atoms. The molecule has 1 aliphatic rings. The van der Waals surface area contributed by atoms with Crippen molar-refractivity contribution >= 4 is 21.7 Å². The number of hydrogen-bond donors (Lipinski definition) is 0. The molecule has 0 spiro atoms. The highest BCUT2D eigenvalue weighted by Crippen LogP contribution is 2.20. The van der Waals surface area contributed by atoms with E-state index in [-0.39, 0.29) is 23.5 Å². The third-order valence-electron chi connectivity index (χ3n) is 4.52. The van der Waals surface area contributed by atoms with Crippen molar-refractivity contribution in [2.75, 3.05) is 18.1 Å². The summed E-state index contributed by atoms with van der Waals surface area (Å²) >= 11 is 0. The molecule has 1 aromatic carbocycles. The van der Waals surface area contributed by atoms with Crippen molar-refractivity contribution in [3.63, 3.8) is 0 Å². The Labute approximate surface area is 149 Å². The molecule has 0 aliphatic carbocycles. The van der Waals surface area contributed by atoms with Gasteiger partial charge in [-0.15, -0.1) is 0 Å². The molecule has 1 saturated heterocycles. The van der Waals surface area contributed by atoms with E-state index in [9.17, 15) is 18.0 Å². The summed E-state index contributed by atoms with van der Waals surface area (Å²) < 4.78 is 28.7. The Morgan fingerprint density at radius 1 is 1.32 bits per heavy atom. The molecule has 7 heteroatoms. The fourth-order valence-corrected chi connectivity index (χ4v) is 4.81. The Kier molecular flexibility index (Phi) is 5.87. The van der Waals surface area contributed by atoms with Crippen LogP contribution in [0.3, 0.4) is 0 Å². The molecule has 1 aliphatic heterocycles. The number of esters is 1. The Morgan fingerprint density at radius 2 is 2.00 bits per heavy atom. The lowest BCUT2D eigenvalue weighted by atomic mass is 10.1. The van der Waals surface area contributed by atoms with Crippen LogP contribution in [-0.4, -0.2) is 55.4 Å². The Balaban J connectivity index is 2.08. The average Bonchev–Trinajstić information content (AvgIpc) is 2.89. The van der Waals surface area contributed by atoms with E-state index in [4.69, 9.17) is 4.74 Å². The monoisotopic (exact) mass is 367 g/mol. The highest BCUT2D eigenvalue weighted by Gasteiger charge is 2.36. The Hall–Kier alpha value is -1.89. The quantitative estimate of drug-likeness (QED) is 0.743. The van der Waals surface area contributed by atoms with Gasteiger partial charge in [-0.2, -0.15) is 0 Å². The van der Waals surface area contributed by atoms with Crippen LogP contribution in [0.25, 0.3) is 0 Å². The Morgan fingerprint density at radius 3 is 2.56 bits per heavy atom. The van der Waals surface area contributed by atoms with E-state index in [1.165, 1.54) is 11.8 Å². The number of likely N-dealkylation sites (N-methyl/N-ethyl adjacent to an activating group) is 1. The maximum atomic E-state index is 12.6. The largest absolute Gasteiger partial charge is 0.449 e. The van der Waals surface area contributed by atoms with Crippen LogP contribution in [-0.2, 0) is 19.4 Å². The van der Waals surface area contributed by atoms with Gasteiger partial charge >= 0.3 is 5.97 Å². The van der Waals surface area contributed by atoms with Crippen LogP contribution in [0.2, 0.25) is 0 Å². The number of sulfone groups is 1. The standard InChI is InChI=1S/C18H25NO5S/c1-5-19(15-8-9-25(22,23)11-15)17(20)14(4)24-18(21)16-10-12(2)6-7-13(16)3/h6-7,10,14-15H,5,8-9,11H2,1-4H3/t14-,15+/m0/s1. The molecule has 0 aromatic heterocycles. The molecular formula is C18H25NO5S. The van der Waals surface area contributed by atoms with Gasteiger partial charge in [-0.05, 0) is 45.7 Å². The van der Waals surface area contributed by atoms with Gasteiger partial charge in [0.15, 0.2) is 15.9 Å². The van der Waals surface area contributed by atoms with E-state index in [0.29, 0.717) is 18.5 Å². The first kappa shape index (κ1) is 19.4. The number of carbonyl (C=O) groups excluding carboxylic acids is 2. The molecule has 0 saturated carbocycles. The topological polar surface area (TPSA) is 80.8 Å². The van der Waals surface area contributed by atoms with Gasteiger partial charge in [-0.3, -0.25) is 4.79 Å². The molecule has 1 heterocycles. The molecule has 0 bridgehead atoms. The van der Waals surface area contributed by atoms with Crippen molar-refractivity contribution in [3.8, 4) is 0 Å². The number of rotatable bonds is 5. The van der Waals surface area contributed by atoms with Gasteiger partial charge < -0.3 is 9.64 Å². The summed E-state index contributed by atoms with van der Waals surface area (Å²) in [4.78, 5) is 26.5. The number of ether oxygens (including phenoxy) is 1. The zero-order valence-corrected chi connectivity index (χ0v) is 15.9. The number of hydrogen-bond acceptors (Lipinski definition) is 5. The second-order valence-electron chi connectivity index (χ2n) is 6.55. The fraction of sp³-hybridized carbons (Fsp3) is 0.556. The third kappa shape index (κ3) is 4.60. The van der Waals surface area contributed by atoms with Crippen LogP contribution < -0.4 is 0 Å². The smallest absolute Gasteiger partial charge is 0.339 e. The van der Waals surface area contributed by atoms with Crippen molar-refractivity contribution in [2.24, 2.45) is 0 Å². The predicted octanol–water partition coefficient (Wildman–Crippen LogP) is 1.88. The van der Waals surface area contributed by atoms with Crippen molar-refractivity contribution in [1.29, 1.82) is 0 Å². The fourth-order valence-electron chi connectivity index (χ4n) is 3.08. The Bertz CT molecular complexity index is 772. The molecule has 6 nitrogen and oxygen atoms in total. The van der Waals surface area contributed by atoms with E-state index in [1.54, 1.807) is 13.0 Å². The number of nitrogens with zero attached hydrogens (tertiary/aromatic N) is 1. The van der Waals surface area contributed by atoms with Crippen molar-refractivity contribution in [1.82, 2.24) is 4.90 Å². The molecule has 0 N–H and O–H groups in total. The van der Waals surface area contributed by atoms with Crippen LogP contribution in [0.4, 0.5) is 0 Å². The molecule has 2 rings (SSSR count). The summed E-state index contributed by atoms with van der Waals surface area (Å²) in [6.07, 6.45) is -0.532. The summed E-state index contributed by atoms with van der Waals surface area (Å²) in [5, 5.41) is 0. The lowest BCUT2D eigenvalue weighted by Crippen LogP contribution is -2.46. The van der Waals surface area contributed by atoms with E-state index in [1.807, 2.05) is 26.0 Å². The second-order valence-corrected chi connectivity index (χ2v) is 8.78. The number of carbonyl (C=O) groups is 2. The lowest BCUT2D eigenvalue weighted by molar-refractivity contribution is -0.141. The van der Waals surface area contributed by atoms with Gasteiger partial charge in [-0.1, -0.05) is 17.7 Å². The van der Waals surface area contributed by atoms with E-state index in [2.05, 4.69) is 0 Å². The predicted molar refractivity (Wildman–Crippen MR) is 95.2 cm³/mol. The van der Waals surface area contributed by atoms with Crippen molar-refractivity contribution < 1.29 is 22.7 Å². The minimum atomic E-state index is -3.09. The maximum absolute atomic E-state index is 12.6. The lowest BCUT2D eigenvalue weighted by Gasteiger charge is -2.29. The average molecular weight is 367 g/mol. The van der Waals surface area contributed by atoms with Crippen LogP contribution in [0.1, 0.15) is 41.8 Å². The molecular weight excluding hydrogens is 342 g/mol. The van der Waals surface area contributed by atoms with Gasteiger partial charge in [0, 0.05) is 12.6 Å². The second kappa shape index (κ2) is 7.56.